The van der Waals surface area contributed by atoms with Crippen molar-refractivity contribution in [2.75, 3.05) is 6.61 Å². The van der Waals surface area contributed by atoms with Crippen LogP contribution in [0, 0.1) is 0 Å². The first-order valence-electron chi connectivity index (χ1n) is 7.41. The summed E-state index contributed by atoms with van der Waals surface area (Å²) in [6, 6.07) is 13.6. The molecule has 2 aromatic rings. The van der Waals surface area contributed by atoms with Gasteiger partial charge in [0, 0.05) is 12.0 Å². The number of para-hydroxylation sites is 2. The van der Waals surface area contributed by atoms with Gasteiger partial charge in [0.2, 0.25) is 6.10 Å². The molecule has 2 aromatic carbocycles. The minimum atomic E-state index is -0.818. The Kier molecular flexibility index (Phi) is 4.28. The molecule has 0 spiro atoms. The lowest BCUT2D eigenvalue weighted by Crippen LogP contribution is -2.39. The van der Waals surface area contributed by atoms with E-state index in [4.69, 9.17) is 14.2 Å². The molecule has 1 aliphatic rings. The van der Waals surface area contributed by atoms with Gasteiger partial charge in [0.05, 0.1) is 0 Å². The molecule has 1 unspecified atom stereocenters. The number of hydrogen-bond donors (Lipinski definition) is 0. The minimum absolute atomic E-state index is 0.0449. The van der Waals surface area contributed by atoms with Crippen LogP contribution < -0.4 is 14.2 Å². The molecule has 118 valence electrons. The summed E-state index contributed by atoms with van der Waals surface area (Å²) in [5, 5.41) is 0. The van der Waals surface area contributed by atoms with Crippen LogP contribution in [0.25, 0.3) is 0 Å². The summed E-state index contributed by atoms with van der Waals surface area (Å²) >= 11 is 0. The van der Waals surface area contributed by atoms with Gasteiger partial charge in [-0.05, 0) is 36.4 Å². The predicted octanol–water partition coefficient (Wildman–Crippen LogP) is 3.02. The van der Waals surface area contributed by atoms with Crippen LogP contribution in [0.4, 0.5) is 0 Å². The number of fused-ring (bicyclic) bond motifs is 1. The monoisotopic (exact) mass is 312 g/mol. The number of ketones is 1. The molecule has 0 radical (unpaired) electrons. The Bertz CT molecular complexity index is 720. The molecule has 0 saturated heterocycles. The largest absolute Gasteiger partial charge is 0.485 e. The van der Waals surface area contributed by atoms with Gasteiger partial charge in [-0.1, -0.05) is 19.1 Å². The van der Waals surface area contributed by atoms with E-state index in [9.17, 15) is 9.59 Å². The Labute approximate surface area is 133 Å². The quantitative estimate of drug-likeness (QED) is 0.493. The predicted molar refractivity (Wildman–Crippen MR) is 83.1 cm³/mol. The van der Waals surface area contributed by atoms with E-state index in [2.05, 4.69) is 0 Å². The Hall–Kier alpha value is -2.82. The van der Waals surface area contributed by atoms with E-state index in [1.807, 2.05) is 6.07 Å². The lowest BCUT2D eigenvalue weighted by atomic mass is 10.1. The maximum atomic E-state index is 12.2. The number of rotatable bonds is 4. The lowest BCUT2D eigenvalue weighted by molar-refractivity contribution is -0.144. The summed E-state index contributed by atoms with van der Waals surface area (Å²) < 4.78 is 16.4. The Morgan fingerprint density at radius 3 is 2.48 bits per heavy atom. The van der Waals surface area contributed by atoms with Gasteiger partial charge in [-0.2, -0.15) is 0 Å². The van der Waals surface area contributed by atoms with Crippen molar-refractivity contribution in [1.29, 1.82) is 0 Å². The molecule has 5 heteroatoms. The molecule has 0 aromatic heterocycles. The molecule has 1 aliphatic heterocycles. The van der Waals surface area contributed by atoms with Crippen molar-refractivity contribution in [1.82, 2.24) is 0 Å². The maximum Gasteiger partial charge on any atom is 0.356 e. The zero-order valence-corrected chi connectivity index (χ0v) is 12.7. The highest BCUT2D eigenvalue weighted by Gasteiger charge is 2.29. The minimum Gasteiger partial charge on any atom is -0.485 e. The molecule has 0 N–H and O–H groups in total. The smallest absolute Gasteiger partial charge is 0.356 e. The van der Waals surface area contributed by atoms with E-state index in [1.54, 1.807) is 49.4 Å². The van der Waals surface area contributed by atoms with Crippen LogP contribution in [0.5, 0.6) is 17.2 Å². The van der Waals surface area contributed by atoms with Crippen molar-refractivity contribution < 1.29 is 23.8 Å². The first-order valence-corrected chi connectivity index (χ1v) is 7.41. The van der Waals surface area contributed by atoms with Gasteiger partial charge in [0.15, 0.2) is 17.3 Å². The Morgan fingerprint density at radius 1 is 1.09 bits per heavy atom. The third-order valence-corrected chi connectivity index (χ3v) is 3.49. The van der Waals surface area contributed by atoms with Gasteiger partial charge in [-0.3, -0.25) is 4.79 Å². The van der Waals surface area contributed by atoms with Gasteiger partial charge in [-0.15, -0.1) is 0 Å². The number of hydrogen-bond acceptors (Lipinski definition) is 5. The molecule has 0 bridgehead atoms. The van der Waals surface area contributed by atoms with Gasteiger partial charge in [-0.25, -0.2) is 4.79 Å². The highest BCUT2D eigenvalue weighted by atomic mass is 16.6. The fourth-order valence-corrected chi connectivity index (χ4v) is 2.23. The SMILES string of the molecule is CCC(=O)c1ccc(OC(=O)C2COc3ccccc3O2)cc1. The second kappa shape index (κ2) is 6.52. The zero-order chi connectivity index (χ0) is 16.2. The highest BCUT2D eigenvalue weighted by molar-refractivity contribution is 5.96. The topological polar surface area (TPSA) is 61.8 Å². The van der Waals surface area contributed by atoms with Crippen LogP contribution in [0.15, 0.2) is 48.5 Å². The Morgan fingerprint density at radius 2 is 1.78 bits per heavy atom. The van der Waals surface area contributed by atoms with Crippen LogP contribution in [0.3, 0.4) is 0 Å². The van der Waals surface area contributed by atoms with E-state index in [1.165, 1.54) is 0 Å². The summed E-state index contributed by atoms with van der Waals surface area (Å²) in [5.74, 6) is 1.01. The van der Waals surface area contributed by atoms with Gasteiger partial charge in [0.1, 0.15) is 12.4 Å². The van der Waals surface area contributed by atoms with Gasteiger partial charge >= 0.3 is 5.97 Å². The summed E-state index contributed by atoms with van der Waals surface area (Å²) in [7, 11) is 0. The van der Waals surface area contributed by atoms with Crippen molar-refractivity contribution in [2.24, 2.45) is 0 Å². The average Bonchev–Trinajstić information content (AvgIpc) is 2.61. The fourth-order valence-electron chi connectivity index (χ4n) is 2.23. The van der Waals surface area contributed by atoms with Gasteiger partial charge < -0.3 is 14.2 Å². The van der Waals surface area contributed by atoms with E-state index in [-0.39, 0.29) is 12.4 Å². The third kappa shape index (κ3) is 3.34. The fraction of sp³-hybridized carbons (Fsp3) is 0.222. The second-order valence-corrected chi connectivity index (χ2v) is 5.09. The van der Waals surface area contributed by atoms with E-state index >= 15 is 0 Å². The van der Waals surface area contributed by atoms with Crippen LogP contribution in [-0.2, 0) is 4.79 Å². The first kappa shape index (κ1) is 15.1. The number of esters is 1. The Balaban J connectivity index is 1.65. The van der Waals surface area contributed by atoms with Crippen molar-refractivity contribution >= 4 is 11.8 Å². The van der Waals surface area contributed by atoms with Gasteiger partial charge in [0.25, 0.3) is 0 Å². The molecule has 0 fully saturated rings. The first-order chi connectivity index (χ1) is 11.2. The van der Waals surface area contributed by atoms with Crippen LogP contribution in [-0.4, -0.2) is 24.5 Å². The van der Waals surface area contributed by atoms with Crippen LogP contribution in [0.2, 0.25) is 0 Å². The molecule has 0 amide bonds. The summed E-state index contributed by atoms with van der Waals surface area (Å²) in [5.41, 5.74) is 0.596. The molecule has 1 heterocycles. The maximum absolute atomic E-state index is 12.2. The number of carbonyl (C=O) groups excluding carboxylic acids is 2. The molecule has 5 nitrogen and oxygen atoms in total. The van der Waals surface area contributed by atoms with Crippen molar-refractivity contribution in [3.63, 3.8) is 0 Å². The molecule has 3 rings (SSSR count). The second-order valence-electron chi connectivity index (χ2n) is 5.09. The molecule has 1 atom stereocenters. The number of ether oxygens (including phenoxy) is 3. The third-order valence-electron chi connectivity index (χ3n) is 3.49. The van der Waals surface area contributed by atoms with Crippen molar-refractivity contribution in [3.8, 4) is 17.2 Å². The number of Topliss-reactive ketones (excluding diaryl/α,β-unsaturated/α-hetero) is 1. The van der Waals surface area contributed by atoms with Crippen molar-refractivity contribution in [2.45, 2.75) is 19.4 Å². The average molecular weight is 312 g/mol. The summed E-state index contributed by atoms with van der Waals surface area (Å²) in [6.07, 6.45) is -0.381. The molecule has 23 heavy (non-hydrogen) atoms. The summed E-state index contributed by atoms with van der Waals surface area (Å²) in [4.78, 5) is 23.7. The lowest BCUT2D eigenvalue weighted by Gasteiger charge is -2.24. The van der Waals surface area contributed by atoms with Crippen molar-refractivity contribution in [3.05, 3.63) is 54.1 Å². The standard InChI is InChI=1S/C18H16O5/c1-2-14(19)12-7-9-13(10-8-12)22-18(20)17-11-21-15-5-3-4-6-16(15)23-17/h3-10,17H,2,11H2,1H3. The molecular formula is C18H16O5. The zero-order valence-electron chi connectivity index (χ0n) is 12.7. The normalized spacial score (nSPS) is 15.8. The molecule has 0 aliphatic carbocycles. The highest BCUT2D eigenvalue weighted by Crippen LogP contribution is 2.31. The van der Waals surface area contributed by atoms with E-state index < -0.39 is 12.1 Å². The van der Waals surface area contributed by atoms with Crippen LogP contribution in [0.1, 0.15) is 23.7 Å². The van der Waals surface area contributed by atoms with Crippen LogP contribution >= 0.6 is 0 Å². The van der Waals surface area contributed by atoms with E-state index in [0.29, 0.717) is 29.2 Å². The van der Waals surface area contributed by atoms with E-state index in [0.717, 1.165) is 0 Å². The molecular weight excluding hydrogens is 296 g/mol. The summed E-state index contributed by atoms with van der Waals surface area (Å²) in [6.45, 7) is 1.90. The number of benzene rings is 2. The number of carbonyl (C=O) groups is 2. The molecule has 0 saturated carbocycles.